The quantitative estimate of drug-likeness (QED) is 0.744. The van der Waals surface area contributed by atoms with E-state index in [1.54, 1.807) is 6.07 Å². The minimum Gasteiger partial charge on any atom is -0.495 e. The summed E-state index contributed by atoms with van der Waals surface area (Å²) in [7, 11) is -0.944. The maximum Gasteiger partial charge on any atom is 0.271 e. The van der Waals surface area contributed by atoms with Crippen LogP contribution >= 0.6 is 0 Å². The van der Waals surface area contributed by atoms with Gasteiger partial charge in [-0.15, -0.1) is 0 Å². The molecule has 152 valence electrons. The lowest BCUT2D eigenvalue weighted by Gasteiger charge is -2.27. The van der Waals surface area contributed by atoms with E-state index < -0.39 is 15.9 Å². The number of nitrogens with zero attached hydrogens (tertiary/aromatic N) is 3. The number of amides is 2. The van der Waals surface area contributed by atoms with Crippen molar-refractivity contribution in [3.8, 4) is 5.75 Å². The van der Waals surface area contributed by atoms with Gasteiger partial charge < -0.3 is 14.8 Å². The molecule has 3 rings (SSSR count). The highest BCUT2D eigenvalue weighted by Crippen LogP contribution is 2.30. The van der Waals surface area contributed by atoms with Crippen molar-refractivity contribution in [2.45, 2.75) is 17.7 Å². The fourth-order valence-electron chi connectivity index (χ4n) is 2.92. The second-order valence-corrected chi connectivity index (χ2v) is 8.21. The summed E-state index contributed by atoms with van der Waals surface area (Å²) in [4.78, 5) is 23.9. The van der Waals surface area contributed by atoms with Gasteiger partial charge in [-0.05, 0) is 18.2 Å². The van der Waals surface area contributed by atoms with Gasteiger partial charge in [-0.25, -0.2) is 13.4 Å². The zero-order valence-corrected chi connectivity index (χ0v) is 16.5. The summed E-state index contributed by atoms with van der Waals surface area (Å²) in [5.74, 6) is -0.469. The monoisotopic (exact) mass is 410 g/mol. The predicted octanol–water partition coefficient (Wildman–Crippen LogP) is 0.263. The summed E-state index contributed by atoms with van der Waals surface area (Å²) in [5, 5.41) is 7.73. The molecule has 0 bridgehead atoms. The highest BCUT2D eigenvalue weighted by Gasteiger charge is 2.30. The third-order valence-electron chi connectivity index (χ3n) is 4.48. The number of hydrazone groups is 1. The molecule has 1 saturated heterocycles. The van der Waals surface area contributed by atoms with Crippen molar-refractivity contribution in [1.82, 2.24) is 9.31 Å². The molecule has 1 aromatic rings. The Morgan fingerprint density at radius 1 is 1.25 bits per heavy atom. The predicted molar refractivity (Wildman–Crippen MR) is 101 cm³/mol. The van der Waals surface area contributed by atoms with E-state index in [0.717, 1.165) is 5.01 Å². The third-order valence-corrected chi connectivity index (χ3v) is 6.40. The number of rotatable bonds is 5. The standard InChI is InChI=1S/C17H22N4O6S/c1-20-16(22)6-4-13(19-20)17(23)18-12-3-5-14(26-2)15(11-12)28(24,25)21-7-9-27-10-8-21/h3,5,11H,4,6-10H2,1-2H3,(H,18,23). The fourth-order valence-corrected chi connectivity index (χ4v) is 4.51. The number of sulfonamides is 1. The van der Waals surface area contributed by atoms with E-state index in [0.29, 0.717) is 18.9 Å². The molecule has 1 N–H and O–H groups in total. The molecule has 11 heteroatoms. The highest BCUT2D eigenvalue weighted by atomic mass is 32.2. The molecule has 0 radical (unpaired) electrons. The first-order valence-electron chi connectivity index (χ1n) is 8.74. The largest absolute Gasteiger partial charge is 0.495 e. The number of hydrogen-bond acceptors (Lipinski definition) is 7. The van der Waals surface area contributed by atoms with Gasteiger partial charge in [-0.3, -0.25) is 9.59 Å². The lowest BCUT2D eigenvalue weighted by Crippen LogP contribution is -2.40. The van der Waals surface area contributed by atoms with Gasteiger partial charge in [0.15, 0.2) is 0 Å². The van der Waals surface area contributed by atoms with E-state index in [4.69, 9.17) is 9.47 Å². The number of methoxy groups -OCH3 is 1. The molecule has 28 heavy (non-hydrogen) atoms. The molecule has 0 aliphatic carbocycles. The number of anilines is 1. The number of benzene rings is 1. The Bertz CT molecular complexity index is 908. The first kappa shape index (κ1) is 20.2. The number of carbonyl (C=O) groups excluding carboxylic acids is 2. The molecular formula is C17H22N4O6S. The Kier molecular flexibility index (Phi) is 5.96. The molecule has 0 spiro atoms. The Morgan fingerprint density at radius 2 is 1.96 bits per heavy atom. The average Bonchev–Trinajstić information content (AvgIpc) is 2.70. The number of ether oxygens (including phenoxy) is 2. The molecule has 0 unspecified atom stereocenters. The second kappa shape index (κ2) is 8.25. The van der Waals surface area contributed by atoms with Crippen molar-refractivity contribution in [3.63, 3.8) is 0 Å². The van der Waals surface area contributed by atoms with Crippen molar-refractivity contribution < 1.29 is 27.5 Å². The van der Waals surface area contributed by atoms with Crippen LogP contribution in [-0.4, -0.2) is 75.7 Å². The van der Waals surface area contributed by atoms with E-state index in [9.17, 15) is 18.0 Å². The van der Waals surface area contributed by atoms with Crippen LogP contribution < -0.4 is 10.1 Å². The highest BCUT2D eigenvalue weighted by molar-refractivity contribution is 7.89. The summed E-state index contributed by atoms with van der Waals surface area (Å²) in [6, 6.07) is 4.40. The minimum atomic E-state index is -3.81. The van der Waals surface area contributed by atoms with Crippen molar-refractivity contribution >= 4 is 33.2 Å². The second-order valence-electron chi connectivity index (χ2n) is 6.30. The van der Waals surface area contributed by atoms with Crippen molar-refractivity contribution in [2.75, 3.05) is 45.8 Å². The summed E-state index contributed by atoms with van der Waals surface area (Å²) in [5.41, 5.74) is 0.496. The van der Waals surface area contributed by atoms with Gasteiger partial charge in [-0.2, -0.15) is 9.41 Å². The van der Waals surface area contributed by atoms with E-state index in [1.807, 2.05) is 0 Å². The molecule has 2 amide bonds. The van der Waals surface area contributed by atoms with Crippen LogP contribution in [0.15, 0.2) is 28.2 Å². The van der Waals surface area contributed by atoms with Crippen LogP contribution in [-0.2, 0) is 24.3 Å². The number of morpholine rings is 1. The zero-order chi connectivity index (χ0) is 20.3. The zero-order valence-electron chi connectivity index (χ0n) is 15.7. The average molecular weight is 410 g/mol. The summed E-state index contributed by atoms with van der Waals surface area (Å²) >= 11 is 0. The van der Waals surface area contributed by atoms with Gasteiger partial charge in [0.25, 0.3) is 5.91 Å². The minimum absolute atomic E-state index is 0.0346. The topological polar surface area (TPSA) is 118 Å². The van der Waals surface area contributed by atoms with Crippen LogP contribution in [0.5, 0.6) is 5.75 Å². The lowest BCUT2D eigenvalue weighted by atomic mass is 10.1. The Balaban J connectivity index is 1.86. The molecular weight excluding hydrogens is 388 g/mol. The van der Waals surface area contributed by atoms with Gasteiger partial charge in [0.05, 0.1) is 20.3 Å². The maximum atomic E-state index is 13.0. The molecule has 2 aliphatic heterocycles. The first-order chi connectivity index (χ1) is 13.3. The number of carbonyl (C=O) groups is 2. The van der Waals surface area contributed by atoms with Crippen molar-refractivity contribution in [1.29, 1.82) is 0 Å². The summed E-state index contributed by atoms with van der Waals surface area (Å²) in [6.07, 6.45) is 0.423. The SMILES string of the molecule is COc1ccc(NC(=O)C2=NN(C)C(=O)CC2)cc1S(=O)(=O)N1CCOCC1. The fraction of sp³-hybridized carbons (Fsp3) is 0.471. The smallest absolute Gasteiger partial charge is 0.271 e. The van der Waals surface area contributed by atoms with Gasteiger partial charge in [-0.1, -0.05) is 0 Å². The maximum absolute atomic E-state index is 13.0. The third kappa shape index (κ3) is 4.16. The summed E-state index contributed by atoms with van der Waals surface area (Å²) < 4.78 is 37.7. The molecule has 0 aromatic heterocycles. The van der Waals surface area contributed by atoms with Crippen LogP contribution in [0, 0.1) is 0 Å². The molecule has 1 fully saturated rings. The number of hydrogen-bond donors (Lipinski definition) is 1. The van der Waals surface area contributed by atoms with E-state index in [1.165, 1.54) is 30.6 Å². The van der Waals surface area contributed by atoms with E-state index in [2.05, 4.69) is 10.4 Å². The van der Waals surface area contributed by atoms with Gasteiger partial charge in [0, 0.05) is 38.7 Å². The Morgan fingerprint density at radius 3 is 2.61 bits per heavy atom. The molecule has 0 atom stereocenters. The van der Waals surface area contributed by atoms with Gasteiger partial charge >= 0.3 is 0 Å². The van der Waals surface area contributed by atoms with Crippen LogP contribution in [0.4, 0.5) is 5.69 Å². The molecule has 2 heterocycles. The van der Waals surface area contributed by atoms with Crippen LogP contribution in [0.25, 0.3) is 0 Å². The van der Waals surface area contributed by atoms with Gasteiger partial charge in [0.2, 0.25) is 15.9 Å². The van der Waals surface area contributed by atoms with Crippen molar-refractivity contribution in [2.24, 2.45) is 5.10 Å². The molecule has 2 aliphatic rings. The van der Waals surface area contributed by atoms with Gasteiger partial charge in [0.1, 0.15) is 16.4 Å². The van der Waals surface area contributed by atoms with Crippen LogP contribution in [0.2, 0.25) is 0 Å². The van der Waals surface area contributed by atoms with E-state index in [-0.39, 0.29) is 48.2 Å². The first-order valence-corrected chi connectivity index (χ1v) is 10.2. The Labute approximate surface area is 163 Å². The van der Waals surface area contributed by atoms with Crippen molar-refractivity contribution in [3.05, 3.63) is 18.2 Å². The van der Waals surface area contributed by atoms with E-state index >= 15 is 0 Å². The Hall–Kier alpha value is -2.50. The number of nitrogens with one attached hydrogen (secondary N) is 1. The normalized spacial score (nSPS) is 18.6. The molecule has 0 saturated carbocycles. The van der Waals surface area contributed by atoms with Crippen LogP contribution in [0.1, 0.15) is 12.8 Å². The molecule has 10 nitrogen and oxygen atoms in total. The molecule has 1 aromatic carbocycles. The van der Waals surface area contributed by atoms with Crippen LogP contribution in [0.3, 0.4) is 0 Å². The lowest BCUT2D eigenvalue weighted by molar-refractivity contribution is -0.130. The summed E-state index contributed by atoms with van der Waals surface area (Å²) in [6.45, 7) is 1.15.